The molecule has 44 heavy (non-hydrogen) atoms. The quantitative estimate of drug-likeness (QED) is 0.196. The molecule has 4 aromatic rings. The maximum atomic E-state index is 14.0. The molecule has 2 amide bonds. The minimum atomic E-state index is -0.966. The van der Waals surface area contributed by atoms with Crippen molar-refractivity contribution in [1.29, 1.82) is 0 Å². The maximum Gasteiger partial charge on any atom is 0.247 e. The minimum Gasteiger partial charge on any atom is -0.467 e. The predicted octanol–water partition coefficient (Wildman–Crippen LogP) is 6.82. The van der Waals surface area contributed by atoms with Gasteiger partial charge in [-0.15, -0.1) is 10.2 Å². The van der Waals surface area contributed by atoms with Gasteiger partial charge in [0, 0.05) is 18.7 Å². The Morgan fingerprint density at radius 3 is 2.39 bits per heavy atom. The van der Waals surface area contributed by atoms with Gasteiger partial charge in [-0.05, 0) is 53.6 Å². The zero-order valence-electron chi connectivity index (χ0n) is 25.8. The Balaban J connectivity index is 1.38. The lowest BCUT2D eigenvalue weighted by atomic mass is 9.87. The summed E-state index contributed by atoms with van der Waals surface area (Å²) in [6.07, 6.45) is 6.60. The lowest BCUT2D eigenvalue weighted by Crippen LogP contribution is -2.47. The lowest BCUT2D eigenvalue weighted by Gasteiger charge is -2.33. The fraction of sp³-hybridized carbons (Fsp3) is 0.412. The second kappa shape index (κ2) is 13.8. The number of aromatic nitrogens is 3. The van der Waals surface area contributed by atoms with E-state index in [-0.39, 0.29) is 35.6 Å². The molecule has 10 heteroatoms. The molecule has 8 nitrogen and oxygen atoms in total. The molecule has 2 heterocycles. The van der Waals surface area contributed by atoms with Crippen molar-refractivity contribution in [3.63, 3.8) is 0 Å². The SMILES string of the molecule is Cn1c(SCC(=O)N(Cc2ccco2)C(C(=O)NC2CCCCC2)c2ccc(F)cc2)nnc1-c1ccc(C(C)(C)C)cc1. The van der Waals surface area contributed by atoms with Crippen LogP contribution >= 0.6 is 11.8 Å². The van der Waals surface area contributed by atoms with Gasteiger partial charge in [-0.2, -0.15) is 0 Å². The van der Waals surface area contributed by atoms with Crippen LogP contribution in [0.1, 0.15) is 75.8 Å². The largest absolute Gasteiger partial charge is 0.467 e. The van der Waals surface area contributed by atoms with Gasteiger partial charge in [0.15, 0.2) is 11.0 Å². The molecule has 1 N–H and O–H groups in total. The molecule has 0 radical (unpaired) electrons. The third-order valence-electron chi connectivity index (χ3n) is 8.09. The van der Waals surface area contributed by atoms with Gasteiger partial charge in [-0.25, -0.2) is 4.39 Å². The number of furan rings is 1. The number of carbonyl (C=O) groups is 2. The van der Waals surface area contributed by atoms with Crippen molar-refractivity contribution >= 4 is 23.6 Å². The van der Waals surface area contributed by atoms with Crippen molar-refractivity contribution in [3.05, 3.63) is 89.6 Å². The number of nitrogens with one attached hydrogen (secondary N) is 1. The van der Waals surface area contributed by atoms with E-state index in [1.54, 1.807) is 24.3 Å². The smallest absolute Gasteiger partial charge is 0.247 e. The summed E-state index contributed by atoms with van der Waals surface area (Å²) < 4.78 is 21.4. The molecular weight excluding hydrogens is 577 g/mol. The van der Waals surface area contributed by atoms with Crippen molar-refractivity contribution in [2.24, 2.45) is 7.05 Å². The normalized spacial score (nSPS) is 14.8. The van der Waals surface area contributed by atoms with Crippen molar-refractivity contribution in [2.45, 2.75) is 82.1 Å². The molecule has 1 saturated carbocycles. The van der Waals surface area contributed by atoms with Crippen LogP contribution in [0.25, 0.3) is 11.4 Å². The number of benzene rings is 2. The van der Waals surface area contributed by atoms with E-state index in [1.807, 2.05) is 23.7 Å². The van der Waals surface area contributed by atoms with Crippen LogP contribution in [0.5, 0.6) is 0 Å². The van der Waals surface area contributed by atoms with E-state index in [0.717, 1.165) is 37.7 Å². The highest BCUT2D eigenvalue weighted by Gasteiger charge is 2.34. The maximum absolute atomic E-state index is 14.0. The van der Waals surface area contributed by atoms with Gasteiger partial charge in [-0.1, -0.05) is 88.2 Å². The summed E-state index contributed by atoms with van der Waals surface area (Å²) in [5, 5.41) is 12.5. The van der Waals surface area contributed by atoms with E-state index in [0.29, 0.717) is 22.3 Å². The van der Waals surface area contributed by atoms with Gasteiger partial charge in [0.1, 0.15) is 17.6 Å². The summed E-state index contributed by atoms with van der Waals surface area (Å²) in [5.41, 5.74) is 2.73. The summed E-state index contributed by atoms with van der Waals surface area (Å²) in [5.74, 6) is 0.284. The highest BCUT2D eigenvalue weighted by Crippen LogP contribution is 2.30. The van der Waals surface area contributed by atoms with E-state index < -0.39 is 11.9 Å². The molecule has 1 unspecified atom stereocenters. The third-order valence-corrected chi connectivity index (χ3v) is 9.10. The van der Waals surface area contributed by atoms with Crippen LogP contribution in [0, 0.1) is 5.82 Å². The van der Waals surface area contributed by atoms with Crippen molar-refractivity contribution in [3.8, 4) is 11.4 Å². The number of rotatable bonds is 10. The summed E-state index contributed by atoms with van der Waals surface area (Å²) >= 11 is 1.26. The molecule has 0 saturated heterocycles. The minimum absolute atomic E-state index is 0.0179. The van der Waals surface area contributed by atoms with E-state index in [4.69, 9.17) is 4.42 Å². The zero-order chi connectivity index (χ0) is 31.3. The molecule has 232 valence electrons. The molecule has 1 aliphatic rings. The number of carbonyl (C=O) groups excluding carboxylic acids is 2. The molecule has 0 aliphatic heterocycles. The Morgan fingerprint density at radius 2 is 1.75 bits per heavy atom. The second-order valence-electron chi connectivity index (χ2n) is 12.4. The summed E-state index contributed by atoms with van der Waals surface area (Å²) in [4.78, 5) is 29.4. The van der Waals surface area contributed by atoms with Crippen LogP contribution in [0.3, 0.4) is 0 Å². The number of thioether (sulfide) groups is 1. The van der Waals surface area contributed by atoms with E-state index in [2.05, 4.69) is 48.4 Å². The Morgan fingerprint density at radius 1 is 1.05 bits per heavy atom. The molecule has 0 spiro atoms. The van der Waals surface area contributed by atoms with Gasteiger partial charge in [-0.3, -0.25) is 9.59 Å². The molecule has 2 aromatic heterocycles. The average Bonchev–Trinajstić information content (AvgIpc) is 3.66. The third kappa shape index (κ3) is 7.59. The molecule has 1 aliphatic carbocycles. The second-order valence-corrected chi connectivity index (χ2v) is 13.3. The zero-order valence-corrected chi connectivity index (χ0v) is 26.6. The Kier molecular flexibility index (Phi) is 9.88. The number of hydrogen-bond donors (Lipinski definition) is 1. The van der Waals surface area contributed by atoms with Crippen LogP contribution in [-0.4, -0.2) is 43.3 Å². The monoisotopic (exact) mass is 617 g/mol. The van der Waals surface area contributed by atoms with Gasteiger partial charge >= 0.3 is 0 Å². The van der Waals surface area contributed by atoms with E-state index in [1.165, 1.54) is 40.6 Å². The summed E-state index contributed by atoms with van der Waals surface area (Å²) in [7, 11) is 1.87. The van der Waals surface area contributed by atoms with E-state index >= 15 is 0 Å². The van der Waals surface area contributed by atoms with Crippen LogP contribution < -0.4 is 5.32 Å². The fourth-order valence-electron chi connectivity index (χ4n) is 5.56. The number of amides is 2. The Bertz CT molecular complexity index is 1540. The lowest BCUT2D eigenvalue weighted by molar-refractivity contribution is -0.140. The number of hydrogen-bond acceptors (Lipinski definition) is 6. The molecule has 1 fully saturated rings. The standard InChI is InChI=1S/C34H40FN5O3S/c1-34(2,3)25-16-12-24(13-17-25)31-37-38-33(39(31)4)44-22-29(41)40(21-28-11-8-20-43-28)30(23-14-18-26(35)19-15-23)32(42)36-27-9-6-5-7-10-27/h8,11-20,27,30H,5-7,9-10,21-22H2,1-4H3,(H,36,42). The average molecular weight is 618 g/mol. The van der Waals surface area contributed by atoms with Crippen LogP contribution in [0.4, 0.5) is 4.39 Å². The molecule has 0 bridgehead atoms. The topological polar surface area (TPSA) is 93.3 Å². The van der Waals surface area contributed by atoms with Crippen LogP contribution in [-0.2, 0) is 28.6 Å². The summed E-state index contributed by atoms with van der Waals surface area (Å²) in [6, 6.07) is 16.6. The number of halogens is 1. The van der Waals surface area contributed by atoms with Crippen LogP contribution in [0.15, 0.2) is 76.5 Å². The van der Waals surface area contributed by atoms with Gasteiger partial charge < -0.3 is 19.2 Å². The fourth-order valence-corrected chi connectivity index (χ4v) is 6.36. The highest BCUT2D eigenvalue weighted by molar-refractivity contribution is 7.99. The van der Waals surface area contributed by atoms with Gasteiger partial charge in [0.2, 0.25) is 11.8 Å². The Labute approximate surface area is 262 Å². The molecule has 5 rings (SSSR count). The Hall–Kier alpha value is -3.92. The predicted molar refractivity (Wildman–Crippen MR) is 169 cm³/mol. The summed E-state index contributed by atoms with van der Waals surface area (Å²) in [6.45, 7) is 6.60. The molecule has 2 aromatic carbocycles. The highest BCUT2D eigenvalue weighted by atomic mass is 32.2. The van der Waals surface area contributed by atoms with Crippen LogP contribution in [0.2, 0.25) is 0 Å². The van der Waals surface area contributed by atoms with Crippen molar-refractivity contribution in [2.75, 3.05) is 5.75 Å². The van der Waals surface area contributed by atoms with Crippen molar-refractivity contribution in [1.82, 2.24) is 25.0 Å². The van der Waals surface area contributed by atoms with Crippen molar-refractivity contribution < 1.29 is 18.4 Å². The first kappa shape index (κ1) is 31.5. The number of nitrogens with zero attached hydrogens (tertiary/aromatic N) is 4. The van der Waals surface area contributed by atoms with Gasteiger partial charge in [0.05, 0.1) is 18.6 Å². The first-order valence-corrected chi connectivity index (χ1v) is 16.1. The first-order chi connectivity index (χ1) is 21.1. The van der Waals surface area contributed by atoms with Gasteiger partial charge in [0.25, 0.3) is 0 Å². The molecule has 1 atom stereocenters. The van der Waals surface area contributed by atoms with E-state index in [9.17, 15) is 14.0 Å². The molecular formula is C34H40FN5O3S. The first-order valence-electron chi connectivity index (χ1n) is 15.1.